The number of unbranched alkanes of at least 4 members (excludes halogenated alkanes) is 2. The molecule has 0 aromatic carbocycles. The van der Waals surface area contributed by atoms with Crippen LogP contribution >= 0.6 is 0 Å². The lowest BCUT2D eigenvalue weighted by atomic mass is 10.3. The summed E-state index contributed by atoms with van der Waals surface area (Å²) >= 11 is 0. The van der Waals surface area contributed by atoms with Gasteiger partial charge in [-0.25, -0.2) is 0 Å². The number of amides is 1. The number of carbonyl (C=O) groups excluding carboxylic acids is 1. The number of nitrogens with two attached hydrogens (primary N) is 1. The van der Waals surface area contributed by atoms with Gasteiger partial charge in [-0.2, -0.15) is 0 Å². The third-order valence-electron chi connectivity index (χ3n) is 2.48. The first kappa shape index (κ1) is 15.4. The SMILES string of the molecule is CCCCCOCCC(=O)N(C)CCCN. The van der Waals surface area contributed by atoms with Crippen molar-refractivity contribution in [3.05, 3.63) is 0 Å². The molecule has 4 nitrogen and oxygen atoms in total. The summed E-state index contributed by atoms with van der Waals surface area (Å²) in [7, 11) is 1.81. The highest BCUT2D eigenvalue weighted by molar-refractivity contribution is 5.75. The molecule has 0 saturated heterocycles. The highest BCUT2D eigenvalue weighted by atomic mass is 16.5. The van der Waals surface area contributed by atoms with Crippen molar-refractivity contribution in [3.8, 4) is 0 Å². The highest BCUT2D eigenvalue weighted by Gasteiger charge is 2.07. The molecule has 0 aliphatic carbocycles. The van der Waals surface area contributed by atoms with Crippen LogP contribution in [0.5, 0.6) is 0 Å². The second-order valence-corrected chi connectivity index (χ2v) is 4.03. The van der Waals surface area contributed by atoms with Crippen LogP contribution in [0.1, 0.15) is 39.0 Å². The van der Waals surface area contributed by atoms with Gasteiger partial charge in [-0.15, -0.1) is 0 Å². The molecular weight excluding hydrogens is 204 g/mol. The zero-order valence-electron chi connectivity index (χ0n) is 10.7. The average Bonchev–Trinajstić information content (AvgIpc) is 2.30. The van der Waals surface area contributed by atoms with E-state index in [0.29, 0.717) is 19.6 Å². The summed E-state index contributed by atoms with van der Waals surface area (Å²) in [5, 5.41) is 0. The number of hydrogen-bond acceptors (Lipinski definition) is 3. The van der Waals surface area contributed by atoms with E-state index < -0.39 is 0 Å². The Morgan fingerprint density at radius 1 is 1.25 bits per heavy atom. The molecule has 0 aromatic rings. The maximum atomic E-state index is 11.5. The Bertz CT molecular complexity index is 174. The first-order valence-corrected chi connectivity index (χ1v) is 6.24. The smallest absolute Gasteiger partial charge is 0.224 e. The summed E-state index contributed by atoms with van der Waals surface area (Å²) in [6, 6.07) is 0. The predicted octanol–water partition coefficient (Wildman–Crippen LogP) is 1.39. The summed E-state index contributed by atoms with van der Waals surface area (Å²) in [5.74, 6) is 0.143. The van der Waals surface area contributed by atoms with Crippen LogP contribution in [0.25, 0.3) is 0 Å². The van der Waals surface area contributed by atoms with Gasteiger partial charge in [0.2, 0.25) is 5.91 Å². The first-order valence-electron chi connectivity index (χ1n) is 6.24. The fourth-order valence-electron chi connectivity index (χ4n) is 1.36. The van der Waals surface area contributed by atoms with Crippen LogP contribution in [-0.4, -0.2) is 44.2 Å². The zero-order valence-corrected chi connectivity index (χ0v) is 10.7. The third-order valence-corrected chi connectivity index (χ3v) is 2.48. The van der Waals surface area contributed by atoms with Gasteiger partial charge in [0.25, 0.3) is 0 Å². The number of nitrogens with zero attached hydrogens (tertiary/aromatic N) is 1. The second-order valence-electron chi connectivity index (χ2n) is 4.03. The molecule has 0 fully saturated rings. The minimum Gasteiger partial charge on any atom is -0.381 e. The number of carbonyl (C=O) groups is 1. The fourth-order valence-corrected chi connectivity index (χ4v) is 1.36. The fraction of sp³-hybridized carbons (Fsp3) is 0.917. The summed E-state index contributed by atoms with van der Waals surface area (Å²) in [5.41, 5.74) is 5.38. The van der Waals surface area contributed by atoms with Crippen LogP contribution in [-0.2, 0) is 9.53 Å². The molecule has 0 spiro atoms. The monoisotopic (exact) mass is 230 g/mol. The third kappa shape index (κ3) is 8.68. The van der Waals surface area contributed by atoms with Crippen molar-refractivity contribution in [3.63, 3.8) is 0 Å². The minimum absolute atomic E-state index is 0.143. The van der Waals surface area contributed by atoms with Crippen molar-refractivity contribution in [2.24, 2.45) is 5.73 Å². The van der Waals surface area contributed by atoms with Crippen LogP contribution < -0.4 is 5.73 Å². The number of rotatable bonds is 10. The lowest BCUT2D eigenvalue weighted by Gasteiger charge is -2.16. The molecule has 1 amide bonds. The molecule has 0 saturated carbocycles. The Hall–Kier alpha value is -0.610. The van der Waals surface area contributed by atoms with Crippen LogP contribution in [0.3, 0.4) is 0 Å². The standard InChI is InChI=1S/C12H26N2O2/c1-3-4-5-10-16-11-7-12(15)14(2)9-6-8-13/h3-11,13H2,1-2H3. The molecule has 2 N–H and O–H groups in total. The van der Waals surface area contributed by atoms with Crippen LogP contribution in [0.15, 0.2) is 0 Å². The van der Waals surface area contributed by atoms with E-state index in [1.807, 2.05) is 7.05 Å². The van der Waals surface area contributed by atoms with Gasteiger partial charge in [0.05, 0.1) is 13.0 Å². The molecule has 0 rings (SSSR count). The maximum absolute atomic E-state index is 11.5. The second kappa shape index (κ2) is 10.9. The molecule has 0 aliphatic rings. The normalized spacial score (nSPS) is 10.4. The minimum atomic E-state index is 0.143. The molecule has 4 heteroatoms. The predicted molar refractivity (Wildman–Crippen MR) is 66.3 cm³/mol. The van der Waals surface area contributed by atoms with E-state index in [0.717, 1.165) is 26.0 Å². The molecule has 0 heterocycles. The Morgan fingerprint density at radius 2 is 2.00 bits per heavy atom. The van der Waals surface area contributed by atoms with Gasteiger partial charge in [0.15, 0.2) is 0 Å². The van der Waals surface area contributed by atoms with E-state index in [1.165, 1.54) is 12.8 Å². The van der Waals surface area contributed by atoms with E-state index in [-0.39, 0.29) is 5.91 Å². The Kier molecular flexibility index (Phi) is 10.5. The van der Waals surface area contributed by atoms with Gasteiger partial charge >= 0.3 is 0 Å². The van der Waals surface area contributed by atoms with Crippen molar-refractivity contribution in [2.45, 2.75) is 39.0 Å². The van der Waals surface area contributed by atoms with E-state index >= 15 is 0 Å². The number of ether oxygens (including phenoxy) is 1. The van der Waals surface area contributed by atoms with Crippen LogP contribution in [0, 0.1) is 0 Å². The summed E-state index contributed by atoms with van der Waals surface area (Å²) < 4.78 is 5.39. The van der Waals surface area contributed by atoms with E-state index in [2.05, 4.69) is 6.92 Å². The van der Waals surface area contributed by atoms with E-state index in [4.69, 9.17) is 10.5 Å². The topological polar surface area (TPSA) is 55.6 Å². The van der Waals surface area contributed by atoms with Crippen LogP contribution in [0.4, 0.5) is 0 Å². The molecule has 16 heavy (non-hydrogen) atoms. The largest absolute Gasteiger partial charge is 0.381 e. The van der Waals surface area contributed by atoms with Crippen LogP contribution in [0.2, 0.25) is 0 Å². The van der Waals surface area contributed by atoms with Gasteiger partial charge in [0, 0.05) is 20.2 Å². The molecule has 0 radical (unpaired) electrons. The molecule has 0 bridgehead atoms. The first-order chi connectivity index (χ1) is 7.72. The number of hydrogen-bond donors (Lipinski definition) is 1. The Labute approximate surface area is 99.1 Å². The highest BCUT2D eigenvalue weighted by Crippen LogP contribution is 1.97. The molecule has 0 aliphatic heterocycles. The van der Waals surface area contributed by atoms with Crippen molar-refractivity contribution in [1.29, 1.82) is 0 Å². The Morgan fingerprint density at radius 3 is 2.62 bits per heavy atom. The summed E-state index contributed by atoms with van der Waals surface area (Å²) in [6.45, 7) is 4.84. The van der Waals surface area contributed by atoms with Crippen molar-refractivity contribution in [2.75, 3.05) is 33.4 Å². The van der Waals surface area contributed by atoms with Gasteiger partial charge in [-0.05, 0) is 19.4 Å². The molecule has 0 aromatic heterocycles. The summed E-state index contributed by atoms with van der Waals surface area (Å²) in [6.07, 6.45) is 4.83. The van der Waals surface area contributed by atoms with E-state index in [9.17, 15) is 4.79 Å². The molecule has 0 unspecified atom stereocenters. The van der Waals surface area contributed by atoms with Gasteiger partial charge in [-0.3, -0.25) is 4.79 Å². The summed E-state index contributed by atoms with van der Waals surface area (Å²) in [4.78, 5) is 13.3. The zero-order chi connectivity index (χ0) is 12.2. The lowest BCUT2D eigenvalue weighted by molar-refractivity contribution is -0.131. The molecular formula is C12H26N2O2. The van der Waals surface area contributed by atoms with Gasteiger partial charge in [-0.1, -0.05) is 19.8 Å². The van der Waals surface area contributed by atoms with E-state index in [1.54, 1.807) is 4.90 Å². The van der Waals surface area contributed by atoms with Crippen molar-refractivity contribution < 1.29 is 9.53 Å². The molecule has 0 atom stereocenters. The van der Waals surface area contributed by atoms with Crippen molar-refractivity contribution >= 4 is 5.91 Å². The lowest BCUT2D eigenvalue weighted by Crippen LogP contribution is -2.29. The maximum Gasteiger partial charge on any atom is 0.224 e. The van der Waals surface area contributed by atoms with Gasteiger partial charge in [0.1, 0.15) is 0 Å². The molecule has 96 valence electrons. The quantitative estimate of drug-likeness (QED) is 0.577. The Balaban J connectivity index is 3.35. The average molecular weight is 230 g/mol. The van der Waals surface area contributed by atoms with Gasteiger partial charge < -0.3 is 15.4 Å². The van der Waals surface area contributed by atoms with Crippen molar-refractivity contribution in [1.82, 2.24) is 4.90 Å².